The van der Waals surface area contributed by atoms with Crippen LogP contribution in [0.2, 0.25) is 0 Å². The molecule has 6 heteroatoms. The van der Waals surface area contributed by atoms with E-state index in [4.69, 9.17) is 0 Å². The number of nitrogens with zero attached hydrogens (tertiary/aromatic N) is 1. The highest BCUT2D eigenvalue weighted by atomic mass is 32.2. The van der Waals surface area contributed by atoms with Crippen molar-refractivity contribution in [1.29, 1.82) is 0 Å². The maximum Gasteiger partial charge on any atom is 0.331 e. The van der Waals surface area contributed by atoms with Crippen LogP contribution in [0.25, 0.3) is 0 Å². The molecule has 19 heavy (non-hydrogen) atoms. The molecule has 5 nitrogen and oxygen atoms in total. The van der Waals surface area contributed by atoms with Gasteiger partial charge in [-0.15, -0.1) is 0 Å². The van der Waals surface area contributed by atoms with Gasteiger partial charge in [0.25, 0.3) is 0 Å². The minimum Gasteiger partial charge on any atom is -0.277 e. The van der Waals surface area contributed by atoms with E-state index in [2.05, 4.69) is 11.6 Å². The molecule has 3 aliphatic rings. The van der Waals surface area contributed by atoms with Gasteiger partial charge in [0.2, 0.25) is 11.8 Å². The van der Waals surface area contributed by atoms with E-state index in [0.29, 0.717) is 18.1 Å². The molecule has 2 atom stereocenters. The summed E-state index contributed by atoms with van der Waals surface area (Å²) in [5.41, 5.74) is -0.925. The van der Waals surface area contributed by atoms with Gasteiger partial charge >= 0.3 is 6.03 Å². The Morgan fingerprint density at radius 3 is 2.53 bits per heavy atom. The third kappa shape index (κ3) is 1.80. The molecule has 0 aromatic carbocycles. The number of urea groups is 1. The molecule has 1 N–H and O–H groups in total. The fraction of sp³-hybridized carbons (Fsp3) is 0.769. The van der Waals surface area contributed by atoms with Crippen LogP contribution in [0.1, 0.15) is 38.5 Å². The molecular formula is C13H18N2O3S. The van der Waals surface area contributed by atoms with E-state index in [1.165, 1.54) is 4.90 Å². The average molecular weight is 282 g/mol. The van der Waals surface area contributed by atoms with Gasteiger partial charge in [0.05, 0.1) is 0 Å². The Kier molecular flexibility index (Phi) is 3.08. The Morgan fingerprint density at radius 2 is 2.00 bits per heavy atom. The van der Waals surface area contributed by atoms with Crippen molar-refractivity contribution >= 4 is 29.6 Å². The van der Waals surface area contributed by atoms with Crippen LogP contribution in [0.5, 0.6) is 0 Å². The van der Waals surface area contributed by atoms with E-state index < -0.39 is 11.4 Å². The average Bonchev–Trinajstić information content (AvgIpc) is 2.75. The van der Waals surface area contributed by atoms with Crippen LogP contribution in [-0.2, 0) is 9.59 Å². The van der Waals surface area contributed by atoms with Crippen LogP contribution < -0.4 is 5.32 Å². The van der Waals surface area contributed by atoms with E-state index in [0.717, 1.165) is 25.7 Å². The highest BCUT2D eigenvalue weighted by molar-refractivity contribution is 7.99. The molecule has 1 saturated heterocycles. The molecule has 0 radical (unpaired) electrons. The summed E-state index contributed by atoms with van der Waals surface area (Å²) in [5, 5.41) is 2.90. The van der Waals surface area contributed by atoms with Crippen LogP contribution in [0.3, 0.4) is 0 Å². The molecule has 3 rings (SSSR count). The number of nitrogens with one attached hydrogen (secondary N) is 1. The quantitative estimate of drug-likeness (QED) is 0.780. The Balaban J connectivity index is 1.82. The number of rotatable bonds is 2. The summed E-state index contributed by atoms with van der Waals surface area (Å²) in [5.74, 6) is -0.635. The number of carbonyl (C=O) groups excluding carboxylic acids is 3. The topological polar surface area (TPSA) is 66.5 Å². The van der Waals surface area contributed by atoms with Crippen molar-refractivity contribution in [2.45, 2.75) is 49.8 Å². The van der Waals surface area contributed by atoms with E-state index in [1.54, 1.807) is 11.8 Å². The Labute approximate surface area is 116 Å². The zero-order valence-corrected chi connectivity index (χ0v) is 11.8. The van der Waals surface area contributed by atoms with E-state index >= 15 is 0 Å². The summed E-state index contributed by atoms with van der Waals surface area (Å²) in [4.78, 5) is 37.8. The van der Waals surface area contributed by atoms with Crippen molar-refractivity contribution in [2.75, 3.05) is 6.26 Å². The molecule has 1 aliphatic heterocycles. The largest absolute Gasteiger partial charge is 0.331 e. The third-order valence-electron chi connectivity index (χ3n) is 4.76. The van der Waals surface area contributed by atoms with Crippen molar-refractivity contribution < 1.29 is 14.4 Å². The molecule has 0 bridgehead atoms. The minimum absolute atomic E-state index is 0.0319. The lowest BCUT2D eigenvalue weighted by molar-refractivity contribution is -0.159. The van der Waals surface area contributed by atoms with Gasteiger partial charge in [-0.3, -0.25) is 19.8 Å². The van der Waals surface area contributed by atoms with Crippen LogP contribution in [0, 0.1) is 5.41 Å². The standard InChI is InChI=1S/C13H18N2O3S/c1-19-9-4-3-8(7-9)15-11(17)13(5-2-6-13)10(16)14-12(15)18/h8-9H,2-7H2,1H3,(H,14,16,18). The number of amides is 4. The minimum atomic E-state index is -0.925. The highest BCUT2D eigenvalue weighted by Crippen LogP contribution is 2.46. The SMILES string of the molecule is CSC1CCC(N2C(=O)NC(=O)C3(CCC3)C2=O)C1. The maximum atomic E-state index is 12.6. The Bertz CT molecular complexity index is 447. The van der Waals surface area contributed by atoms with Crippen molar-refractivity contribution in [2.24, 2.45) is 5.41 Å². The number of thioether (sulfide) groups is 1. The molecule has 3 fully saturated rings. The summed E-state index contributed by atoms with van der Waals surface area (Å²) in [6.07, 6.45) is 6.85. The molecule has 1 spiro atoms. The predicted molar refractivity (Wildman–Crippen MR) is 71.6 cm³/mol. The number of hydrogen-bond acceptors (Lipinski definition) is 4. The van der Waals surface area contributed by atoms with Crippen LogP contribution in [0.15, 0.2) is 0 Å². The molecule has 104 valence electrons. The first kappa shape index (κ1) is 13.0. The third-order valence-corrected chi connectivity index (χ3v) is 5.86. The first-order chi connectivity index (χ1) is 9.08. The second kappa shape index (κ2) is 4.51. The van der Waals surface area contributed by atoms with E-state index in [1.807, 2.05) is 0 Å². The molecular weight excluding hydrogens is 264 g/mol. The number of barbiturate groups is 1. The van der Waals surface area contributed by atoms with Crippen molar-refractivity contribution in [3.63, 3.8) is 0 Å². The Hall–Kier alpha value is -1.04. The monoisotopic (exact) mass is 282 g/mol. The first-order valence-corrected chi connectivity index (χ1v) is 8.09. The van der Waals surface area contributed by atoms with Gasteiger partial charge in [0.15, 0.2) is 0 Å². The maximum absolute atomic E-state index is 12.6. The van der Waals surface area contributed by atoms with Gasteiger partial charge in [-0.05, 0) is 38.4 Å². The van der Waals surface area contributed by atoms with Crippen molar-refractivity contribution in [3.8, 4) is 0 Å². The molecule has 2 unspecified atom stereocenters. The van der Waals surface area contributed by atoms with Crippen LogP contribution >= 0.6 is 11.8 Å². The van der Waals surface area contributed by atoms with Gasteiger partial charge in [-0.1, -0.05) is 6.42 Å². The lowest BCUT2D eigenvalue weighted by Crippen LogP contribution is -2.67. The zero-order valence-electron chi connectivity index (χ0n) is 11.0. The summed E-state index contributed by atoms with van der Waals surface area (Å²) in [7, 11) is 0. The molecule has 2 saturated carbocycles. The highest BCUT2D eigenvalue weighted by Gasteiger charge is 2.58. The van der Waals surface area contributed by atoms with Crippen LogP contribution in [-0.4, -0.2) is 40.3 Å². The smallest absolute Gasteiger partial charge is 0.277 e. The fourth-order valence-corrected chi connectivity index (χ4v) is 4.15. The lowest BCUT2D eigenvalue weighted by Gasteiger charge is -2.46. The van der Waals surface area contributed by atoms with Gasteiger partial charge in [0.1, 0.15) is 5.41 Å². The van der Waals surface area contributed by atoms with Crippen molar-refractivity contribution in [1.82, 2.24) is 10.2 Å². The molecule has 1 heterocycles. The van der Waals surface area contributed by atoms with Gasteiger partial charge in [0, 0.05) is 11.3 Å². The first-order valence-electron chi connectivity index (χ1n) is 6.80. The fourth-order valence-electron chi connectivity index (χ4n) is 3.37. The normalized spacial score (nSPS) is 33.5. The van der Waals surface area contributed by atoms with E-state index in [9.17, 15) is 14.4 Å². The van der Waals surface area contributed by atoms with Gasteiger partial charge < -0.3 is 0 Å². The van der Waals surface area contributed by atoms with E-state index in [-0.39, 0.29) is 17.9 Å². The molecule has 4 amide bonds. The number of hydrogen-bond donors (Lipinski definition) is 1. The summed E-state index contributed by atoms with van der Waals surface area (Å²) >= 11 is 1.79. The summed E-state index contributed by atoms with van der Waals surface area (Å²) in [6, 6.07) is -0.546. The molecule has 2 aliphatic carbocycles. The second-order valence-corrected chi connectivity index (χ2v) is 6.83. The van der Waals surface area contributed by atoms with Gasteiger partial charge in [-0.25, -0.2) is 4.79 Å². The Morgan fingerprint density at radius 1 is 1.26 bits per heavy atom. The predicted octanol–water partition coefficient (Wildman–Crippen LogP) is 1.52. The summed E-state index contributed by atoms with van der Waals surface area (Å²) < 4.78 is 0. The summed E-state index contributed by atoms with van der Waals surface area (Å²) in [6.45, 7) is 0. The number of carbonyl (C=O) groups is 3. The zero-order chi connectivity index (χ0) is 13.6. The van der Waals surface area contributed by atoms with Crippen LogP contribution in [0.4, 0.5) is 4.79 Å². The molecule has 0 aromatic heterocycles. The second-order valence-electron chi connectivity index (χ2n) is 5.69. The van der Waals surface area contributed by atoms with Gasteiger partial charge in [-0.2, -0.15) is 11.8 Å². The lowest BCUT2D eigenvalue weighted by atomic mass is 9.66. The number of imide groups is 2. The molecule has 0 aromatic rings. The van der Waals surface area contributed by atoms with Crippen molar-refractivity contribution in [3.05, 3.63) is 0 Å².